The summed E-state index contributed by atoms with van der Waals surface area (Å²) in [4.78, 5) is -0.547. The largest absolute Gasteiger partial charge is 0.332 e. The number of hydrogen-bond donors (Lipinski definition) is 1. The molecule has 0 heterocycles. The SMILES string of the molecule is CCC(C)N(C)S(=O)(=O)Nc1ccc(C)c(S(=O)(=O)F)c1. The van der Waals surface area contributed by atoms with Gasteiger partial charge in [-0.2, -0.15) is 21.1 Å². The summed E-state index contributed by atoms with van der Waals surface area (Å²) in [6, 6.07) is 3.46. The Morgan fingerprint density at radius 2 is 1.86 bits per heavy atom. The summed E-state index contributed by atoms with van der Waals surface area (Å²) in [5.74, 6) is 0. The molecule has 120 valence electrons. The molecule has 0 aliphatic heterocycles. The normalized spacial score (nSPS) is 14.2. The Labute approximate surface area is 125 Å². The first kappa shape index (κ1) is 17.9. The van der Waals surface area contributed by atoms with Crippen molar-refractivity contribution in [2.24, 2.45) is 0 Å². The van der Waals surface area contributed by atoms with Crippen molar-refractivity contribution in [2.75, 3.05) is 11.8 Å². The van der Waals surface area contributed by atoms with Crippen molar-refractivity contribution in [3.63, 3.8) is 0 Å². The Hall–Kier alpha value is -1.19. The monoisotopic (exact) mass is 338 g/mol. The molecule has 9 heteroatoms. The lowest BCUT2D eigenvalue weighted by atomic mass is 10.2. The summed E-state index contributed by atoms with van der Waals surface area (Å²) in [5, 5.41) is 0. The number of halogens is 1. The van der Waals surface area contributed by atoms with E-state index < -0.39 is 25.3 Å². The fraction of sp³-hybridized carbons (Fsp3) is 0.500. The van der Waals surface area contributed by atoms with Gasteiger partial charge in [0.25, 0.3) is 0 Å². The Balaban J connectivity index is 3.15. The van der Waals surface area contributed by atoms with Gasteiger partial charge in [-0.3, -0.25) is 4.72 Å². The van der Waals surface area contributed by atoms with E-state index in [9.17, 15) is 20.7 Å². The molecule has 1 rings (SSSR count). The highest BCUT2D eigenvalue weighted by atomic mass is 32.3. The lowest BCUT2D eigenvalue weighted by molar-refractivity contribution is 0.383. The van der Waals surface area contributed by atoms with Crippen molar-refractivity contribution in [3.8, 4) is 0 Å². The summed E-state index contributed by atoms with van der Waals surface area (Å²) in [6.07, 6.45) is 0.620. The quantitative estimate of drug-likeness (QED) is 0.805. The molecule has 0 aromatic heterocycles. The first-order chi connectivity index (χ1) is 9.49. The van der Waals surface area contributed by atoms with E-state index in [2.05, 4.69) is 4.72 Å². The minimum atomic E-state index is -4.90. The predicted molar refractivity (Wildman–Crippen MR) is 79.5 cm³/mol. The second-order valence-electron chi connectivity index (χ2n) is 4.80. The van der Waals surface area contributed by atoms with Crippen LogP contribution in [0.2, 0.25) is 0 Å². The minimum absolute atomic E-state index is 0.00743. The van der Waals surface area contributed by atoms with Crippen molar-refractivity contribution in [1.82, 2.24) is 4.31 Å². The Morgan fingerprint density at radius 3 is 2.33 bits per heavy atom. The van der Waals surface area contributed by atoms with E-state index in [1.807, 2.05) is 6.92 Å². The van der Waals surface area contributed by atoms with Crippen LogP contribution in [0.5, 0.6) is 0 Å². The lowest BCUT2D eigenvalue weighted by Gasteiger charge is -2.23. The van der Waals surface area contributed by atoms with E-state index >= 15 is 0 Å². The van der Waals surface area contributed by atoms with Gasteiger partial charge >= 0.3 is 20.4 Å². The molecule has 21 heavy (non-hydrogen) atoms. The second kappa shape index (κ2) is 6.29. The second-order valence-corrected chi connectivity index (χ2v) is 7.84. The van der Waals surface area contributed by atoms with Gasteiger partial charge in [0.1, 0.15) is 4.90 Å². The lowest BCUT2D eigenvalue weighted by Crippen LogP contribution is -2.38. The van der Waals surface area contributed by atoms with Crippen LogP contribution >= 0.6 is 0 Å². The van der Waals surface area contributed by atoms with Crippen molar-refractivity contribution in [3.05, 3.63) is 23.8 Å². The zero-order valence-electron chi connectivity index (χ0n) is 12.3. The van der Waals surface area contributed by atoms with Gasteiger partial charge in [-0.05, 0) is 38.0 Å². The van der Waals surface area contributed by atoms with Crippen LogP contribution in [0.15, 0.2) is 23.1 Å². The van der Waals surface area contributed by atoms with Crippen molar-refractivity contribution < 1.29 is 20.7 Å². The highest BCUT2D eigenvalue weighted by molar-refractivity contribution is 7.90. The molecule has 0 aliphatic carbocycles. The number of nitrogens with zero attached hydrogens (tertiary/aromatic N) is 1. The van der Waals surface area contributed by atoms with E-state index in [1.165, 1.54) is 26.1 Å². The van der Waals surface area contributed by atoms with Gasteiger partial charge in [-0.1, -0.05) is 13.0 Å². The molecule has 0 spiro atoms. The Kier molecular flexibility index (Phi) is 5.35. The van der Waals surface area contributed by atoms with E-state index in [1.54, 1.807) is 6.92 Å². The number of rotatable bonds is 6. The fourth-order valence-corrected chi connectivity index (χ4v) is 3.55. The zero-order valence-corrected chi connectivity index (χ0v) is 13.9. The number of benzene rings is 1. The van der Waals surface area contributed by atoms with Crippen LogP contribution in [0, 0.1) is 6.92 Å². The average Bonchev–Trinajstić information content (AvgIpc) is 2.37. The summed E-state index contributed by atoms with van der Waals surface area (Å²) in [5.41, 5.74) is 0.197. The molecule has 0 amide bonds. The molecule has 6 nitrogen and oxygen atoms in total. The first-order valence-corrected chi connectivity index (χ1v) is 9.12. The average molecular weight is 338 g/mol. The van der Waals surface area contributed by atoms with Crippen molar-refractivity contribution in [2.45, 2.75) is 38.1 Å². The molecular formula is C12H19FN2O4S2. The van der Waals surface area contributed by atoms with E-state index in [-0.39, 0.29) is 17.3 Å². The van der Waals surface area contributed by atoms with E-state index in [4.69, 9.17) is 0 Å². The molecule has 1 aromatic rings. The molecule has 0 saturated carbocycles. The van der Waals surface area contributed by atoms with Gasteiger partial charge in [0.05, 0.1) is 5.69 Å². The van der Waals surface area contributed by atoms with E-state index in [0.29, 0.717) is 6.42 Å². The molecule has 1 N–H and O–H groups in total. The summed E-state index contributed by atoms with van der Waals surface area (Å²) < 4.78 is 62.7. The maximum Gasteiger partial charge on any atom is 0.332 e. The molecule has 1 aromatic carbocycles. The molecular weight excluding hydrogens is 319 g/mol. The van der Waals surface area contributed by atoms with Crippen molar-refractivity contribution >= 4 is 26.1 Å². The number of hydrogen-bond acceptors (Lipinski definition) is 4. The van der Waals surface area contributed by atoms with Crippen LogP contribution in [0.25, 0.3) is 0 Å². The number of nitrogens with one attached hydrogen (secondary N) is 1. The first-order valence-electron chi connectivity index (χ1n) is 6.30. The molecule has 0 aliphatic rings. The van der Waals surface area contributed by atoms with Gasteiger partial charge in [0, 0.05) is 13.1 Å². The van der Waals surface area contributed by atoms with Gasteiger partial charge in [-0.15, -0.1) is 3.89 Å². The molecule has 0 bridgehead atoms. The van der Waals surface area contributed by atoms with Crippen LogP contribution in [0.1, 0.15) is 25.8 Å². The van der Waals surface area contributed by atoms with E-state index in [0.717, 1.165) is 10.4 Å². The van der Waals surface area contributed by atoms with Gasteiger partial charge in [-0.25, -0.2) is 0 Å². The molecule has 1 atom stereocenters. The third kappa shape index (κ3) is 4.39. The van der Waals surface area contributed by atoms with Gasteiger partial charge < -0.3 is 0 Å². The molecule has 0 fully saturated rings. The minimum Gasteiger partial charge on any atom is -0.271 e. The summed E-state index contributed by atoms with van der Waals surface area (Å²) in [7, 11) is -7.32. The number of aryl methyl sites for hydroxylation is 1. The standard InChI is InChI=1S/C12H19FN2O4S2/c1-5-10(3)15(4)21(18,19)14-11-7-6-9(2)12(8-11)20(13,16)17/h6-8,10,14H,5H2,1-4H3. The highest BCUT2D eigenvalue weighted by Crippen LogP contribution is 2.23. The van der Waals surface area contributed by atoms with Crippen LogP contribution < -0.4 is 4.72 Å². The maximum absolute atomic E-state index is 13.1. The third-order valence-electron chi connectivity index (χ3n) is 3.29. The number of anilines is 1. The van der Waals surface area contributed by atoms with Crippen LogP contribution in [-0.4, -0.2) is 34.2 Å². The summed E-state index contributed by atoms with van der Waals surface area (Å²) in [6.45, 7) is 5.01. The van der Waals surface area contributed by atoms with Gasteiger partial charge in [0.2, 0.25) is 0 Å². The topological polar surface area (TPSA) is 83.6 Å². The molecule has 0 saturated heterocycles. The maximum atomic E-state index is 13.1. The molecule has 0 radical (unpaired) electrons. The zero-order chi connectivity index (χ0) is 16.4. The Morgan fingerprint density at radius 1 is 1.29 bits per heavy atom. The Bertz CT molecular complexity index is 717. The van der Waals surface area contributed by atoms with Crippen LogP contribution in [0.4, 0.5) is 9.57 Å². The fourth-order valence-electron chi connectivity index (χ4n) is 1.64. The van der Waals surface area contributed by atoms with Gasteiger partial charge in [0.15, 0.2) is 0 Å². The summed E-state index contributed by atoms with van der Waals surface area (Å²) >= 11 is 0. The third-order valence-corrected chi connectivity index (χ3v) is 5.87. The van der Waals surface area contributed by atoms with Crippen LogP contribution in [-0.2, 0) is 20.4 Å². The smallest absolute Gasteiger partial charge is 0.271 e. The highest BCUT2D eigenvalue weighted by Gasteiger charge is 2.23. The van der Waals surface area contributed by atoms with Crippen LogP contribution in [0.3, 0.4) is 0 Å². The van der Waals surface area contributed by atoms with Crippen molar-refractivity contribution in [1.29, 1.82) is 0 Å². The molecule has 1 unspecified atom stereocenters. The predicted octanol–water partition coefficient (Wildman–Crippen LogP) is 2.04.